The number of halogens is 1. The van der Waals surface area contributed by atoms with Crippen LogP contribution < -0.4 is 5.32 Å². The minimum absolute atomic E-state index is 0.106. The van der Waals surface area contributed by atoms with Crippen molar-refractivity contribution in [3.05, 3.63) is 40.7 Å². The van der Waals surface area contributed by atoms with Crippen molar-refractivity contribution < 1.29 is 9.90 Å². The SMILES string of the molecule is N#Cc1c(Cl)cccc1NCCn1cc(C(=O)O)nn1. The monoisotopic (exact) mass is 291 g/mol. The second-order valence-corrected chi connectivity index (χ2v) is 4.28. The molecule has 0 unspecified atom stereocenters. The predicted molar refractivity (Wildman–Crippen MR) is 71.6 cm³/mol. The number of carboxylic acid groups (broad SMARTS) is 1. The van der Waals surface area contributed by atoms with Crippen LogP contribution in [0.25, 0.3) is 0 Å². The average Bonchev–Trinajstić information content (AvgIpc) is 2.88. The molecule has 2 rings (SSSR count). The molecule has 20 heavy (non-hydrogen) atoms. The first-order valence-corrected chi connectivity index (χ1v) is 6.05. The minimum atomic E-state index is -1.12. The molecule has 0 aliphatic heterocycles. The molecule has 8 heteroatoms. The number of hydrogen-bond acceptors (Lipinski definition) is 5. The molecule has 0 saturated heterocycles. The van der Waals surface area contributed by atoms with E-state index in [9.17, 15) is 4.79 Å². The maximum absolute atomic E-state index is 10.6. The summed E-state index contributed by atoms with van der Waals surface area (Å²) in [6, 6.07) is 7.15. The lowest BCUT2D eigenvalue weighted by Crippen LogP contribution is -2.12. The van der Waals surface area contributed by atoms with Crippen LogP contribution in [-0.4, -0.2) is 32.6 Å². The summed E-state index contributed by atoms with van der Waals surface area (Å²) >= 11 is 5.91. The van der Waals surface area contributed by atoms with Gasteiger partial charge in [-0.2, -0.15) is 5.26 Å². The van der Waals surface area contributed by atoms with E-state index >= 15 is 0 Å². The lowest BCUT2D eigenvalue weighted by Gasteiger charge is -2.08. The summed E-state index contributed by atoms with van der Waals surface area (Å²) in [5.41, 5.74) is 0.892. The number of benzene rings is 1. The lowest BCUT2D eigenvalue weighted by atomic mass is 10.2. The normalized spacial score (nSPS) is 10.0. The Hall–Kier alpha value is -2.59. The average molecular weight is 292 g/mol. The van der Waals surface area contributed by atoms with E-state index < -0.39 is 5.97 Å². The number of carboxylic acids is 1. The molecule has 0 aliphatic rings. The Balaban J connectivity index is 1.98. The number of nitrogens with one attached hydrogen (secondary N) is 1. The molecule has 0 aliphatic carbocycles. The zero-order chi connectivity index (χ0) is 14.5. The van der Waals surface area contributed by atoms with E-state index in [2.05, 4.69) is 15.6 Å². The van der Waals surface area contributed by atoms with Gasteiger partial charge in [-0.3, -0.25) is 0 Å². The molecule has 0 amide bonds. The first-order valence-electron chi connectivity index (χ1n) is 5.67. The smallest absolute Gasteiger partial charge is 0.358 e. The highest BCUT2D eigenvalue weighted by molar-refractivity contribution is 6.32. The number of aromatic nitrogens is 3. The molecular formula is C12H10ClN5O2. The Bertz CT molecular complexity index is 677. The van der Waals surface area contributed by atoms with Crippen molar-refractivity contribution in [2.24, 2.45) is 0 Å². The lowest BCUT2D eigenvalue weighted by molar-refractivity contribution is 0.0690. The second-order valence-electron chi connectivity index (χ2n) is 3.87. The zero-order valence-electron chi connectivity index (χ0n) is 10.2. The maximum atomic E-state index is 10.6. The molecule has 0 radical (unpaired) electrons. The summed E-state index contributed by atoms with van der Waals surface area (Å²) < 4.78 is 1.41. The molecule has 7 nitrogen and oxygen atoms in total. The summed E-state index contributed by atoms with van der Waals surface area (Å²) in [5, 5.41) is 28.3. The highest BCUT2D eigenvalue weighted by Gasteiger charge is 2.08. The van der Waals surface area contributed by atoms with Crippen LogP contribution in [0.1, 0.15) is 16.1 Å². The number of carbonyl (C=O) groups is 1. The Labute approximate surface area is 119 Å². The van der Waals surface area contributed by atoms with E-state index in [1.165, 1.54) is 10.9 Å². The molecule has 1 heterocycles. The van der Waals surface area contributed by atoms with E-state index in [1.54, 1.807) is 18.2 Å². The summed E-state index contributed by atoms with van der Waals surface area (Å²) in [6.45, 7) is 0.870. The van der Waals surface area contributed by atoms with Crippen molar-refractivity contribution in [3.8, 4) is 6.07 Å². The first kappa shape index (κ1) is 13.8. The number of rotatable bonds is 5. The third-order valence-corrected chi connectivity index (χ3v) is 2.85. The summed E-state index contributed by atoms with van der Waals surface area (Å²) in [5.74, 6) is -1.12. The van der Waals surface area contributed by atoms with Crippen LogP contribution in [-0.2, 0) is 6.54 Å². The van der Waals surface area contributed by atoms with Crippen LogP contribution in [0.15, 0.2) is 24.4 Å². The van der Waals surface area contributed by atoms with Gasteiger partial charge in [0.2, 0.25) is 0 Å². The summed E-state index contributed by atoms with van der Waals surface area (Å²) in [7, 11) is 0. The van der Waals surface area contributed by atoms with E-state index in [-0.39, 0.29) is 5.69 Å². The molecular weight excluding hydrogens is 282 g/mol. The van der Waals surface area contributed by atoms with Crippen LogP contribution in [0.4, 0.5) is 5.69 Å². The molecule has 0 spiro atoms. The highest BCUT2D eigenvalue weighted by atomic mass is 35.5. The molecule has 0 saturated carbocycles. The van der Waals surface area contributed by atoms with Gasteiger partial charge in [-0.05, 0) is 12.1 Å². The van der Waals surface area contributed by atoms with Crippen LogP contribution in [0, 0.1) is 11.3 Å². The fourth-order valence-corrected chi connectivity index (χ4v) is 1.81. The van der Waals surface area contributed by atoms with Crippen molar-refractivity contribution in [1.82, 2.24) is 15.0 Å². The van der Waals surface area contributed by atoms with Gasteiger partial charge in [0.1, 0.15) is 6.07 Å². The second kappa shape index (κ2) is 6.04. The highest BCUT2D eigenvalue weighted by Crippen LogP contribution is 2.22. The maximum Gasteiger partial charge on any atom is 0.358 e. The number of hydrogen-bond donors (Lipinski definition) is 2. The molecule has 0 atom stereocenters. The Morgan fingerprint density at radius 1 is 1.55 bits per heavy atom. The van der Waals surface area contributed by atoms with Gasteiger partial charge in [-0.15, -0.1) is 5.10 Å². The number of anilines is 1. The fourth-order valence-electron chi connectivity index (χ4n) is 1.60. The first-order chi connectivity index (χ1) is 9.61. The molecule has 0 bridgehead atoms. The molecule has 1 aromatic heterocycles. The van der Waals surface area contributed by atoms with Gasteiger partial charge in [-0.1, -0.05) is 22.9 Å². The summed E-state index contributed by atoms with van der Waals surface area (Å²) in [4.78, 5) is 10.6. The number of nitriles is 1. The molecule has 0 fully saturated rings. The van der Waals surface area contributed by atoms with Crippen LogP contribution >= 0.6 is 11.6 Å². The van der Waals surface area contributed by atoms with Gasteiger partial charge in [0.25, 0.3) is 0 Å². The van der Waals surface area contributed by atoms with Gasteiger partial charge in [0.05, 0.1) is 29.0 Å². The van der Waals surface area contributed by atoms with Gasteiger partial charge in [-0.25, -0.2) is 9.48 Å². The Morgan fingerprint density at radius 3 is 3.00 bits per heavy atom. The number of nitrogens with zero attached hydrogens (tertiary/aromatic N) is 4. The molecule has 2 N–H and O–H groups in total. The third-order valence-electron chi connectivity index (χ3n) is 2.54. The largest absolute Gasteiger partial charge is 0.476 e. The molecule has 1 aromatic carbocycles. The van der Waals surface area contributed by atoms with Crippen molar-refractivity contribution >= 4 is 23.3 Å². The van der Waals surface area contributed by atoms with Crippen molar-refractivity contribution in [1.29, 1.82) is 5.26 Å². The third kappa shape index (κ3) is 3.05. The predicted octanol–water partition coefficient (Wildman–Crippen LogP) is 1.61. The minimum Gasteiger partial charge on any atom is -0.476 e. The van der Waals surface area contributed by atoms with Crippen LogP contribution in [0.5, 0.6) is 0 Å². The quantitative estimate of drug-likeness (QED) is 0.867. The van der Waals surface area contributed by atoms with E-state index in [1.807, 2.05) is 6.07 Å². The Morgan fingerprint density at radius 2 is 2.35 bits per heavy atom. The van der Waals surface area contributed by atoms with Crippen molar-refractivity contribution in [2.45, 2.75) is 6.54 Å². The Kier molecular flexibility index (Phi) is 4.17. The number of aromatic carboxylic acids is 1. The van der Waals surface area contributed by atoms with Crippen molar-refractivity contribution in [2.75, 3.05) is 11.9 Å². The molecule has 2 aromatic rings. The van der Waals surface area contributed by atoms with E-state index in [0.717, 1.165) is 0 Å². The summed E-state index contributed by atoms with van der Waals surface area (Å²) in [6.07, 6.45) is 1.34. The zero-order valence-corrected chi connectivity index (χ0v) is 11.0. The standard InChI is InChI=1S/C12H10ClN5O2/c13-9-2-1-3-10(8(9)6-14)15-4-5-18-7-11(12(19)20)16-17-18/h1-3,7,15H,4-5H2,(H,19,20). The topological polar surface area (TPSA) is 104 Å². The van der Waals surface area contributed by atoms with Gasteiger partial charge < -0.3 is 10.4 Å². The van der Waals surface area contributed by atoms with Crippen LogP contribution in [0.3, 0.4) is 0 Å². The van der Waals surface area contributed by atoms with E-state index in [0.29, 0.717) is 29.4 Å². The van der Waals surface area contributed by atoms with Crippen molar-refractivity contribution in [3.63, 3.8) is 0 Å². The van der Waals surface area contributed by atoms with Crippen LogP contribution in [0.2, 0.25) is 5.02 Å². The fraction of sp³-hybridized carbons (Fsp3) is 0.167. The molecule has 102 valence electrons. The van der Waals surface area contributed by atoms with E-state index in [4.69, 9.17) is 22.0 Å². The van der Waals surface area contributed by atoms with Gasteiger partial charge >= 0.3 is 5.97 Å². The van der Waals surface area contributed by atoms with Gasteiger partial charge in [0, 0.05) is 6.54 Å². The van der Waals surface area contributed by atoms with Gasteiger partial charge in [0.15, 0.2) is 5.69 Å².